The largest absolute Gasteiger partial charge is 0.440 e. The van der Waals surface area contributed by atoms with Crippen LogP contribution in [0.4, 0.5) is 22.0 Å². The third-order valence-corrected chi connectivity index (χ3v) is 25.0. The maximum Gasteiger partial charge on any atom is 0.200 e. The highest BCUT2D eigenvalue weighted by molar-refractivity contribution is 6.42. The number of nitrogens with zero attached hydrogens (tertiary/aromatic N) is 10. The maximum atomic E-state index is 13.3. The van der Waals surface area contributed by atoms with Crippen LogP contribution in [-0.4, -0.2) is 49.8 Å². The molecule has 33 heteroatoms. The van der Waals surface area contributed by atoms with Gasteiger partial charge in [0.1, 0.15) is 72.6 Å². The summed E-state index contributed by atoms with van der Waals surface area (Å²) in [7, 11) is 0. The summed E-state index contributed by atoms with van der Waals surface area (Å²) in [5.74, 6) is 3.74. The highest BCUT2D eigenvalue weighted by Crippen LogP contribution is 2.40. The highest BCUT2D eigenvalue weighted by atomic mass is 35.5. The lowest BCUT2D eigenvalue weighted by atomic mass is 9.97. The van der Waals surface area contributed by atoms with Gasteiger partial charge in [0, 0.05) is 129 Å². The predicted octanol–water partition coefficient (Wildman–Crippen LogP) is 39.0. The number of halogens is 13. The molecule has 794 valence electrons. The SMILES string of the molecule is CC(C)(C)c1nc2cc(Cl)c(Cl)cc2o1.CC(C)(C)c1nc2cc(Cl)c(F)cc2o1.CC(C)(C)c1nc2cc(F)c(Cl)cc2o1.CC(C)(C)c1nc2cc(F)c(F)cc2o1.Cc1cc2nc(C(C)(C)C)oc2cc1Cl.Cc1cc2nc(C(C)(C)C)oc2cc1Cl.Cc1cc2nc(C(C)(C)C)oc2cc1F.Cc1cc2oc(C(C)(C)C)nc2cc1Cl.Cc1cc2oc(C(C)(C)C)nc2cc1Cl.Cc1ccc2oc(C(C)(C)C)nc2c1. The van der Waals surface area contributed by atoms with Gasteiger partial charge in [-0.2, -0.15) is 0 Å². The second kappa shape index (κ2) is 45.0. The minimum absolute atomic E-state index is 0.0209. The van der Waals surface area contributed by atoms with Gasteiger partial charge in [0.2, 0.25) is 58.9 Å². The molecule has 0 bridgehead atoms. The zero-order valence-electron chi connectivity index (χ0n) is 91.1. The van der Waals surface area contributed by atoms with Gasteiger partial charge in [-0.15, -0.1) is 0 Å². The molecule has 0 saturated carbocycles. The zero-order chi connectivity index (χ0) is 111. The second-order valence-corrected chi connectivity index (χ2v) is 50.2. The molecule has 0 aliphatic rings. The van der Waals surface area contributed by atoms with E-state index in [2.05, 4.69) is 161 Å². The van der Waals surface area contributed by atoms with Gasteiger partial charge in [-0.1, -0.05) is 307 Å². The number of aryl methyl sites for hydroxylation is 6. The molecule has 0 amide bonds. The van der Waals surface area contributed by atoms with Gasteiger partial charge in [0.25, 0.3) is 0 Å². The van der Waals surface area contributed by atoms with Crippen molar-refractivity contribution >= 4 is 204 Å². The van der Waals surface area contributed by atoms with Crippen molar-refractivity contribution < 1.29 is 66.1 Å². The summed E-state index contributed by atoms with van der Waals surface area (Å²) >= 11 is 47.2. The van der Waals surface area contributed by atoms with Crippen LogP contribution in [-0.2, 0) is 54.1 Å². The molecule has 0 unspecified atom stereocenters. The van der Waals surface area contributed by atoms with Crippen LogP contribution in [0, 0.1) is 70.6 Å². The molecule has 10 aromatic carbocycles. The standard InChI is InChI=1S/4C12H14ClNO.C12H14FNO.C12H15NO.C11H11Cl2NO.2C11H11ClFNO.C11H11F2NO/c2*1-7-5-10-9(6-8(7)13)14-11(15-10)12(2,3)4;3*1-7-5-9-10(6-8(7)13)15-11(14-9)12(2,3)4;1-8-5-6-10-9(7-8)13-11(14-10)12(2,3)4;1-11(2,3)10-14-8-4-6(12)7(13)5-9(8)15-10;1-11(2,3)10-14-8-5-7(13)6(12)4-9(8)15-10;2*1-11(2,3)10-14-8-4-6(12)7(13)5-9(8)15-10/h5*5-6H,1-4H3;5-7H,1-4H3;4*4-5H,1-3H3. The Morgan fingerprint density at radius 2 is 0.329 bits per heavy atom. The lowest BCUT2D eigenvalue weighted by Gasteiger charge is -2.11. The van der Waals surface area contributed by atoms with Gasteiger partial charge in [-0.3, -0.25) is 0 Å². The third kappa shape index (κ3) is 30.5. The van der Waals surface area contributed by atoms with Crippen molar-refractivity contribution in [2.24, 2.45) is 0 Å². The monoisotopic (exact) mass is 2200 g/mol. The molecule has 20 rings (SSSR count). The first kappa shape index (κ1) is 118. The molecule has 10 heterocycles. The van der Waals surface area contributed by atoms with E-state index in [0.717, 1.165) is 150 Å². The van der Waals surface area contributed by atoms with Crippen LogP contribution >= 0.6 is 92.8 Å². The summed E-state index contributed by atoms with van der Waals surface area (Å²) in [6, 6.07) is 35.3. The number of hydrogen-bond acceptors (Lipinski definition) is 20. The Kier molecular flexibility index (Phi) is 35.7. The van der Waals surface area contributed by atoms with E-state index in [1.165, 1.54) is 35.9 Å². The second-order valence-electron chi connectivity index (χ2n) is 46.9. The van der Waals surface area contributed by atoms with Gasteiger partial charge in [-0.25, -0.2) is 71.8 Å². The Morgan fingerprint density at radius 1 is 0.161 bits per heavy atom. The summed E-state index contributed by atoms with van der Waals surface area (Å²) in [6.07, 6.45) is 0. The molecule has 20 nitrogen and oxygen atoms in total. The fraction of sp³-hybridized carbons (Fsp3) is 0.397. The molecule has 0 atom stereocenters. The first-order valence-electron chi connectivity index (χ1n) is 48.1. The number of aromatic nitrogens is 10. The number of oxazole rings is 10. The van der Waals surface area contributed by atoms with E-state index < -0.39 is 23.3 Å². The Balaban J connectivity index is 0.000000157. The van der Waals surface area contributed by atoms with Crippen LogP contribution < -0.4 is 0 Å². The Bertz CT molecular complexity index is 6510. The maximum absolute atomic E-state index is 13.3. The van der Waals surface area contributed by atoms with Crippen LogP contribution in [0.2, 0.25) is 40.2 Å². The van der Waals surface area contributed by atoms with Crippen LogP contribution in [0.15, 0.2) is 172 Å². The van der Waals surface area contributed by atoms with E-state index in [1.54, 1.807) is 25.1 Å². The lowest BCUT2D eigenvalue weighted by Crippen LogP contribution is -2.10. The minimum Gasteiger partial charge on any atom is -0.440 e. The van der Waals surface area contributed by atoms with Gasteiger partial charge in [0.15, 0.2) is 67.5 Å². The van der Waals surface area contributed by atoms with Crippen molar-refractivity contribution in [3.8, 4) is 0 Å². The number of fused-ring (bicyclic) bond motifs is 10. The van der Waals surface area contributed by atoms with Crippen molar-refractivity contribution in [3.05, 3.63) is 289 Å². The first-order valence-corrected chi connectivity index (χ1v) is 51.2. The van der Waals surface area contributed by atoms with E-state index in [9.17, 15) is 22.0 Å². The van der Waals surface area contributed by atoms with E-state index in [-0.39, 0.29) is 75.6 Å². The van der Waals surface area contributed by atoms with Crippen molar-refractivity contribution in [2.45, 2.75) is 303 Å². The number of rotatable bonds is 0. The van der Waals surface area contributed by atoms with Gasteiger partial charge >= 0.3 is 0 Å². The van der Waals surface area contributed by atoms with Gasteiger partial charge in [0.05, 0.1) is 20.1 Å². The average Bonchev–Trinajstić information content (AvgIpc) is 1.66. The molecular weight excluding hydrogens is 2070 g/mol. The van der Waals surface area contributed by atoms with E-state index in [4.69, 9.17) is 137 Å². The number of hydrogen-bond donors (Lipinski definition) is 0. The van der Waals surface area contributed by atoms with Gasteiger partial charge < -0.3 is 44.2 Å². The summed E-state index contributed by atoms with van der Waals surface area (Å²) in [4.78, 5) is 43.6. The van der Waals surface area contributed by atoms with Crippen molar-refractivity contribution in [1.82, 2.24) is 49.8 Å². The highest BCUT2D eigenvalue weighted by Gasteiger charge is 2.31. The summed E-state index contributed by atoms with van der Waals surface area (Å²) in [6.45, 7) is 72.7. The topological polar surface area (TPSA) is 260 Å². The molecule has 0 aliphatic carbocycles. The minimum atomic E-state index is -0.917. The lowest BCUT2D eigenvalue weighted by molar-refractivity contribution is 0.410. The average molecular weight is 2200 g/mol. The molecule has 20 aromatic rings. The summed E-state index contributed by atoms with van der Waals surface area (Å²) < 4.78 is 121. The molecule has 0 N–H and O–H groups in total. The molecule has 0 fully saturated rings. The van der Waals surface area contributed by atoms with Crippen LogP contribution in [0.5, 0.6) is 0 Å². The molecule has 10 aromatic heterocycles. The Hall–Kier alpha value is -11.1. The molecule has 0 radical (unpaired) electrons. The van der Waals surface area contributed by atoms with E-state index in [1.807, 2.05) is 198 Å². The van der Waals surface area contributed by atoms with E-state index in [0.29, 0.717) is 83.9 Å². The van der Waals surface area contributed by atoms with Crippen molar-refractivity contribution in [3.63, 3.8) is 0 Å². The Labute approximate surface area is 905 Å². The predicted molar refractivity (Wildman–Crippen MR) is 595 cm³/mol. The van der Waals surface area contributed by atoms with Gasteiger partial charge in [-0.05, 0) is 142 Å². The molecule has 0 saturated heterocycles. The Morgan fingerprint density at radius 3 is 0.624 bits per heavy atom. The quantitative estimate of drug-likeness (QED) is 0.128. The third-order valence-electron chi connectivity index (χ3n) is 22.0. The zero-order valence-corrected chi connectivity index (χ0v) is 97.1. The normalized spacial score (nSPS) is 12.3. The van der Waals surface area contributed by atoms with Crippen molar-refractivity contribution in [1.29, 1.82) is 0 Å². The molecule has 149 heavy (non-hydrogen) atoms. The van der Waals surface area contributed by atoms with Crippen LogP contribution in [0.25, 0.3) is 111 Å². The molecule has 0 spiro atoms. The van der Waals surface area contributed by atoms with Crippen LogP contribution in [0.1, 0.15) is 300 Å². The molecule has 0 aliphatic heterocycles. The van der Waals surface area contributed by atoms with Crippen LogP contribution in [0.3, 0.4) is 0 Å². The summed E-state index contributed by atoms with van der Waals surface area (Å²) in [5, 5.41) is 4.01. The number of benzene rings is 10. The smallest absolute Gasteiger partial charge is 0.200 e. The first-order chi connectivity index (χ1) is 68.3. The fourth-order valence-corrected chi connectivity index (χ4v) is 14.4. The molecular formula is C116H129Cl8F5N10O10. The van der Waals surface area contributed by atoms with E-state index >= 15 is 0 Å². The summed E-state index contributed by atoms with van der Waals surface area (Å²) in [5.41, 5.74) is 18.4. The van der Waals surface area contributed by atoms with Crippen molar-refractivity contribution in [2.75, 3.05) is 0 Å². The fourth-order valence-electron chi connectivity index (χ4n) is 13.2.